The van der Waals surface area contributed by atoms with Gasteiger partial charge in [0, 0.05) is 13.1 Å². The van der Waals surface area contributed by atoms with E-state index in [2.05, 4.69) is 0 Å². The van der Waals surface area contributed by atoms with E-state index >= 15 is 0 Å². The van der Waals surface area contributed by atoms with Crippen molar-refractivity contribution in [1.29, 1.82) is 0 Å². The maximum Gasteiger partial charge on any atom is 0.165 e. The molecule has 0 aliphatic rings. The molecule has 1 unspecified atom stereocenters. The maximum atomic E-state index is 13.6. The molecule has 0 aromatic heterocycles. The Morgan fingerprint density at radius 3 is 2.52 bits per heavy atom. The summed E-state index contributed by atoms with van der Waals surface area (Å²) >= 11 is 0. The quantitative estimate of drug-likeness (QED) is 0.840. The average Bonchev–Trinajstić information content (AvgIpc) is 2.35. The SMILES string of the molecule is COc1ccc(CN(C)CC(O)COC(C)(C)C)cc1F. The van der Waals surface area contributed by atoms with E-state index in [0.717, 1.165) is 5.56 Å². The van der Waals surface area contributed by atoms with Crippen molar-refractivity contribution in [1.82, 2.24) is 4.90 Å². The molecule has 0 amide bonds. The first-order chi connectivity index (χ1) is 9.71. The van der Waals surface area contributed by atoms with Gasteiger partial charge in [0.25, 0.3) is 0 Å². The highest BCUT2D eigenvalue weighted by atomic mass is 19.1. The molecule has 0 heterocycles. The smallest absolute Gasteiger partial charge is 0.165 e. The number of rotatable bonds is 7. The summed E-state index contributed by atoms with van der Waals surface area (Å²) < 4.78 is 24.0. The highest BCUT2D eigenvalue weighted by molar-refractivity contribution is 5.29. The lowest BCUT2D eigenvalue weighted by molar-refractivity contribution is -0.0550. The van der Waals surface area contributed by atoms with Gasteiger partial charge in [-0.15, -0.1) is 0 Å². The third kappa shape index (κ3) is 6.89. The summed E-state index contributed by atoms with van der Waals surface area (Å²) in [7, 11) is 3.32. The molecular formula is C16H26FNO3. The number of aliphatic hydroxyl groups excluding tert-OH is 1. The van der Waals surface area contributed by atoms with E-state index in [4.69, 9.17) is 9.47 Å². The van der Waals surface area contributed by atoms with Crippen LogP contribution in [0.25, 0.3) is 0 Å². The number of aliphatic hydroxyl groups is 1. The van der Waals surface area contributed by atoms with Gasteiger partial charge < -0.3 is 14.6 Å². The zero-order chi connectivity index (χ0) is 16.0. The van der Waals surface area contributed by atoms with Crippen molar-refractivity contribution in [3.63, 3.8) is 0 Å². The van der Waals surface area contributed by atoms with Gasteiger partial charge in [-0.2, -0.15) is 0 Å². The van der Waals surface area contributed by atoms with Crippen LogP contribution in [0.3, 0.4) is 0 Å². The molecule has 5 heteroatoms. The van der Waals surface area contributed by atoms with Gasteiger partial charge in [-0.05, 0) is 45.5 Å². The minimum Gasteiger partial charge on any atom is -0.494 e. The normalized spacial score (nSPS) is 13.5. The van der Waals surface area contributed by atoms with Gasteiger partial charge in [-0.3, -0.25) is 4.90 Å². The van der Waals surface area contributed by atoms with Crippen LogP contribution >= 0.6 is 0 Å². The number of nitrogens with zero attached hydrogens (tertiary/aromatic N) is 1. The lowest BCUT2D eigenvalue weighted by atomic mass is 10.2. The third-order valence-corrected chi connectivity index (χ3v) is 2.90. The molecule has 0 saturated heterocycles. The molecule has 0 aliphatic heterocycles. The van der Waals surface area contributed by atoms with Crippen LogP contribution in [-0.4, -0.2) is 49.0 Å². The number of ether oxygens (including phenoxy) is 2. The highest BCUT2D eigenvalue weighted by Crippen LogP contribution is 2.18. The van der Waals surface area contributed by atoms with Gasteiger partial charge >= 0.3 is 0 Å². The molecule has 1 N–H and O–H groups in total. The second kappa shape index (κ2) is 7.73. The van der Waals surface area contributed by atoms with Gasteiger partial charge in [0.05, 0.1) is 25.4 Å². The summed E-state index contributed by atoms with van der Waals surface area (Å²) in [6.07, 6.45) is -0.572. The first-order valence-corrected chi connectivity index (χ1v) is 7.04. The van der Waals surface area contributed by atoms with Gasteiger partial charge in [-0.1, -0.05) is 6.07 Å². The highest BCUT2D eigenvalue weighted by Gasteiger charge is 2.15. The Labute approximate surface area is 126 Å². The van der Waals surface area contributed by atoms with E-state index < -0.39 is 6.10 Å². The fourth-order valence-electron chi connectivity index (χ4n) is 1.94. The minimum atomic E-state index is -0.572. The molecule has 1 aromatic rings. The van der Waals surface area contributed by atoms with Crippen molar-refractivity contribution in [2.75, 3.05) is 27.3 Å². The second-order valence-corrected chi connectivity index (χ2v) is 6.24. The van der Waals surface area contributed by atoms with Crippen molar-refractivity contribution in [3.05, 3.63) is 29.6 Å². The lowest BCUT2D eigenvalue weighted by Crippen LogP contribution is -2.34. The van der Waals surface area contributed by atoms with Crippen LogP contribution in [0, 0.1) is 5.82 Å². The first kappa shape index (κ1) is 17.9. The summed E-state index contributed by atoms with van der Waals surface area (Å²) in [5.41, 5.74) is 0.568. The minimum absolute atomic E-state index is 0.236. The van der Waals surface area contributed by atoms with Crippen molar-refractivity contribution >= 4 is 0 Å². The van der Waals surface area contributed by atoms with E-state index in [9.17, 15) is 9.50 Å². The number of halogens is 1. The van der Waals surface area contributed by atoms with Gasteiger partial charge in [0.2, 0.25) is 0 Å². The van der Waals surface area contributed by atoms with E-state index in [1.165, 1.54) is 13.2 Å². The van der Waals surface area contributed by atoms with Crippen molar-refractivity contribution in [2.45, 2.75) is 39.0 Å². The Morgan fingerprint density at radius 1 is 1.33 bits per heavy atom. The third-order valence-electron chi connectivity index (χ3n) is 2.90. The predicted molar refractivity (Wildman–Crippen MR) is 81.0 cm³/mol. The predicted octanol–water partition coefficient (Wildman–Crippen LogP) is 2.44. The van der Waals surface area contributed by atoms with Crippen LogP contribution in [0.1, 0.15) is 26.3 Å². The van der Waals surface area contributed by atoms with E-state index in [1.807, 2.05) is 38.8 Å². The molecule has 0 spiro atoms. The molecule has 0 bridgehead atoms. The monoisotopic (exact) mass is 299 g/mol. The molecule has 1 aromatic carbocycles. The van der Waals surface area contributed by atoms with Crippen LogP contribution in [0.15, 0.2) is 18.2 Å². The van der Waals surface area contributed by atoms with Crippen LogP contribution in [0.2, 0.25) is 0 Å². The Kier molecular flexibility index (Phi) is 6.58. The maximum absolute atomic E-state index is 13.6. The Balaban J connectivity index is 2.46. The van der Waals surface area contributed by atoms with Crippen molar-refractivity contribution < 1.29 is 19.0 Å². The van der Waals surface area contributed by atoms with Crippen molar-refractivity contribution in [2.24, 2.45) is 0 Å². The van der Waals surface area contributed by atoms with Crippen molar-refractivity contribution in [3.8, 4) is 5.75 Å². The van der Waals surface area contributed by atoms with E-state index in [-0.39, 0.29) is 23.8 Å². The Hall–Kier alpha value is -1.17. The molecule has 120 valence electrons. The number of methoxy groups -OCH3 is 1. The lowest BCUT2D eigenvalue weighted by Gasteiger charge is -2.25. The van der Waals surface area contributed by atoms with Crippen LogP contribution in [-0.2, 0) is 11.3 Å². The van der Waals surface area contributed by atoms with Gasteiger partial charge in [-0.25, -0.2) is 4.39 Å². The summed E-state index contributed by atoms with van der Waals surface area (Å²) in [5, 5.41) is 9.94. The molecule has 4 nitrogen and oxygen atoms in total. The Morgan fingerprint density at radius 2 is 2.00 bits per heavy atom. The van der Waals surface area contributed by atoms with Crippen LogP contribution in [0.5, 0.6) is 5.75 Å². The molecule has 21 heavy (non-hydrogen) atoms. The average molecular weight is 299 g/mol. The molecule has 0 saturated carbocycles. The van der Waals surface area contributed by atoms with Gasteiger partial charge in [0.1, 0.15) is 0 Å². The van der Waals surface area contributed by atoms with E-state index in [0.29, 0.717) is 13.1 Å². The number of hydrogen-bond donors (Lipinski definition) is 1. The zero-order valence-corrected chi connectivity index (χ0v) is 13.5. The molecule has 0 fully saturated rings. The molecular weight excluding hydrogens is 273 g/mol. The molecule has 1 rings (SSSR count). The fourth-order valence-corrected chi connectivity index (χ4v) is 1.94. The van der Waals surface area contributed by atoms with Crippen LogP contribution < -0.4 is 4.74 Å². The van der Waals surface area contributed by atoms with E-state index in [1.54, 1.807) is 6.07 Å². The molecule has 0 radical (unpaired) electrons. The largest absolute Gasteiger partial charge is 0.494 e. The Bertz CT molecular complexity index is 446. The molecule has 1 atom stereocenters. The second-order valence-electron chi connectivity index (χ2n) is 6.24. The zero-order valence-electron chi connectivity index (χ0n) is 13.5. The first-order valence-electron chi connectivity index (χ1n) is 7.04. The number of likely N-dealkylation sites (N-methyl/N-ethyl adjacent to an activating group) is 1. The summed E-state index contributed by atoms with van der Waals surface area (Å²) in [6.45, 7) is 7.14. The number of benzene rings is 1. The topological polar surface area (TPSA) is 41.9 Å². The number of hydrogen-bond acceptors (Lipinski definition) is 4. The fraction of sp³-hybridized carbons (Fsp3) is 0.625. The van der Waals surface area contributed by atoms with Crippen LogP contribution in [0.4, 0.5) is 4.39 Å². The summed E-state index contributed by atoms with van der Waals surface area (Å²) in [5.74, 6) is -0.139. The summed E-state index contributed by atoms with van der Waals surface area (Å²) in [4.78, 5) is 1.93. The molecule has 0 aliphatic carbocycles. The summed E-state index contributed by atoms with van der Waals surface area (Å²) in [6, 6.07) is 4.88. The van der Waals surface area contributed by atoms with Gasteiger partial charge in [0.15, 0.2) is 11.6 Å². The standard InChI is InChI=1S/C16H26FNO3/c1-16(2,3)21-11-13(19)10-18(4)9-12-6-7-15(20-5)14(17)8-12/h6-8,13,19H,9-11H2,1-5H3.